The van der Waals surface area contributed by atoms with Gasteiger partial charge in [0.1, 0.15) is 0 Å². The number of rotatable bonds is 2. The van der Waals surface area contributed by atoms with Crippen LogP contribution in [0.15, 0.2) is 27.1 Å². The van der Waals surface area contributed by atoms with E-state index < -0.39 is 0 Å². The van der Waals surface area contributed by atoms with Gasteiger partial charge in [-0.05, 0) is 39.5 Å². The van der Waals surface area contributed by atoms with Gasteiger partial charge in [-0.25, -0.2) is 0 Å². The summed E-state index contributed by atoms with van der Waals surface area (Å²) in [4.78, 5) is 11.9. The van der Waals surface area contributed by atoms with Crippen molar-refractivity contribution in [3.8, 4) is 0 Å². The third-order valence-corrected chi connectivity index (χ3v) is 3.14. The highest BCUT2D eigenvalue weighted by atomic mass is 79.9. The fourth-order valence-corrected chi connectivity index (χ4v) is 1.90. The Morgan fingerprint density at radius 1 is 1.31 bits per heavy atom. The van der Waals surface area contributed by atoms with Crippen molar-refractivity contribution < 1.29 is 4.79 Å². The average molecular weight is 349 g/mol. The van der Waals surface area contributed by atoms with Crippen LogP contribution < -0.4 is 5.32 Å². The molecule has 0 unspecified atom stereocenters. The number of carbonyl (C=O) groups excluding carboxylic acids is 1. The van der Waals surface area contributed by atoms with Crippen molar-refractivity contribution in [1.29, 1.82) is 0 Å². The Hall–Kier alpha value is -0.350. The van der Waals surface area contributed by atoms with E-state index in [4.69, 9.17) is 0 Å². The van der Waals surface area contributed by atoms with Crippen LogP contribution in [-0.4, -0.2) is 12.5 Å². The van der Waals surface area contributed by atoms with Crippen molar-refractivity contribution >= 4 is 37.8 Å². The summed E-state index contributed by atoms with van der Waals surface area (Å²) in [6.45, 7) is 6.92. The molecule has 0 aliphatic rings. The lowest BCUT2D eigenvalue weighted by molar-refractivity contribution is 0.0938. The Labute approximate surface area is 113 Å². The lowest BCUT2D eigenvalue weighted by Gasteiger charge is -2.19. The van der Waals surface area contributed by atoms with E-state index in [2.05, 4.69) is 57.9 Å². The van der Waals surface area contributed by atoms with Crippen molar-refractivity contribution in [2.75, 3.05) is 6.54 Å². The summed E-state index contributed by atoms with van der Waals surface area (Å²) in [5.41, 5.74) is 0.743. The zero-order valence-electron chi connectivity index (χ0n) is 9.60. The maximum atomic E-state index is 11.9. The van der Waals surface area contributed by atoms with Crippen molar-refractivity contribution in [3.63, 3.8) is 0 Å². The molecule has 88 valence electrons. The molecular weight excluding hydrogens is 334 g/mol. The van der Waals surface area contributed by atoms with Gasteiger partial charge >= 0.3 is 0 Å². The van der Waals surface area contributed by atoms with Crippen molar-refractivity contribution in [2.24, 2.45) is 5.41 Å². The zero-order valence-corrected chi connectivity index (χ0v) is 12.8. The summed E-state index contributed by atoms with van der Waals surface area (Å²) < 4.78 is 1.71. The Morgan fingerprint density at radius 3 is 2.50 bits per heavy atom. The van der Waals surface area contributed by atoms with E-state index in [1.165, 1.54) is 0 Å². The molecule has 16 heavy (non-hydrogen) atoms. The molecule has 1 N–H and O–H groups in total. The molecule has 0 spiro atoms. The highest BCUT2D eigenvalue weighted by Crippen LogP contribution is 2.21. The molecule has 1 amide bonds. The van der Waals surface area contributed by atoms with Gasteiger partial charge in [-0.3, -0.25) is 4.79 Å². The third kappa shape index (κ3) is 4.26. The monoisotopic (exact) mass is 347 g/mol. The van der Waals surface area contributed by atoms with Crippen LogP contribution in [0.25, 0.3) is 0 Å². The smallest absolute Gasteiger partial charge is 0.252 e. The van der Waals surface area contributed by atoms with Crippen LogP contribution in [0, 0.1) is 5.41 Å². The van der Waals surface area contributed by atoms with Crippen LogP contribution in [0.3, 0.4) is 0 Å². The number of nitrogens with one attached hydrogen (secondary N) is 1. The van der Waals surface area contributed by atoms with Gasteiger partial charge in [0.25, 0.3) is 5.91 Å². The van der Waals surface area contributed by atoms with Crippen LogP contribution in [0.5, 0.6) is 0 Å². The summed E-state index contributed by atoms with van der Waals surface area (Å²) in [6.07, 6.45) is 0. The van der Waals surface area contributed by atoms with Gasteiger partial charge in [0, 0.05) is 15.5 Å². The number of halogens is 2. The molecule has 1 rings (SSSR count). The van der Waals surface area contributed by atoms with Crippen LogP contribution in [-0.2, 0) is 0 Å². The van der Waals surface area contributed by atoms with E-state index in [0.29, 0.717) is 12.1 Å². The zero-order chi connectivity index (χ0) is 12.3. The van der Waals surface area contributed by atoms with Crippen molar-refractivity contribution in [1.82, 2.24) is 5.32 Å². The lowest BCUT2D eigenvalue weighted by Crippen LogP contribution is -2.32. The van der Waals surface area contributed by atoms with Gasteiger partial charge in [-0.1, -0.05) is 36.7 Å². The Balaban J connectivity index is 2.77. The molecule has 2 nitrogen and oxygen atoms in total. The molecule has 1 aromatic rings. The minimum Gasteiger partial charge on any atom is -0.351 e. The number of benzene rings is 1. The minimum absolute atomic E-state index is 0.0527. The third-order valence-electron chi connectivity index (χ3n) is 1.95. The topological polar surface area (TPSA) is 29.1 Å². The quantitative estimate of drug-likeness (QED) is 0.860. The van der Waals surface area contributed by atoms with E-state index in [9.17, 15) is 4.79 Å². The molecule has 0 saturated carbocycles. The molecule has 0 fully saturated rings. The van der Waals surface area contributed by atoms with Crippen molar-refractivity contribution in [3.05, 3.63) is 32.7 Å². The number of carbonyl (C=O) groups is 1. The van der Waals surface area contributed by atoms with E-state index in [-0.39, 0.29) is 11.3 Å². The van der Waals surface area contributed by atoms with E-state index in [1.54, 1.807) is 0 Å². The first-order valence-electron chi connectivity index (χ1n) is 5.03. The minimum atomic E-state index is -0.0527. The normalized spacial score (nSPS) is 11.3. The Bertz CT molecular complexity index is 396. The summed E-state index contributed by atoms with van der Waals surface area (Å²) in [5, 5.41) is 2.92. The first-order valence-corrected chi connectivity index (χ1v) is 6.61. The second-order valence-corrected chi connectivity index (χ2v) is 6.64. The summed E-state index contributed by atoms with van der Waals surface area (Å²) in [7, 11) is 0. The molecular formula is C12H15Br2NO. The number of amides is 1. The molecule has 0 heterocycles. The van der Waals surface area contributed by atoms with Crippen LogP contribution in [0.1, 0.15) is 31.1 Å². The number of hydrogen-bond acceptors (Lipinski definition) is 1. The Kier molecular flexibility index (Phi) is 4.56. The SMILES string of the molecule is CC(C)(C)CNC(=O)c1cc(Br)ccc1Br. The van der Waals surface area contributed by atoms with E-state index >= 15 is 0 Å². The molecule has 0 aromatic heterocycles. The lowest BCUT2D eigenvalue weighted by atomic mass is 9.97. The maximum absolute atomic E-state index is 11.9. The fourth-order valence-electron chi connectivity index (χ4n) is 1.11. The van der Waals surface area contributed by atoms with Gasteiger partial charge in [0.05, 0.1) is 5.56 Å². The highest BCUT2D eigenvalue weighted by molar-refractivity contribution is 9.11. The largest absolute Gasteiger partial charge is 0.351 e. The van der Waals surface area contributed by atoms with Crippen LogP contribution in [0.4, 0.5) is 0 Å². The van der Waals surface area contributed by atoms with Crippen LogP contribution >= 0.6 is 31.9 Å². The standard InChI is InChI=1S/C12H15Br2NO/c1-12(2,3)7-15-11(16)9-6-8(13)4-5-10(9)14/h4-6H,7H2,1-3H3,(H,15,16). The van der Waals surface area contributed by atoms with E-state index in [1.807, 2.05) is 18.2 Å². The molecule has 0 aliphatic carbocycles. The van der Waals surface area contributed by atoms with Crippen LogP contribution in [0.2, 0.25) is 0 Å². The molecule has 0 aliphatic heterocycles. The van der Waals surface area contributed by atoms with Crippen molar-refractivity contribution in [2.45, 2.75) is 20.8 Å². The average Bonchev–Trinajstić information content (AvgIpc) is 2.17. The van der Waals surface area contributed by atoms with Gasteiger partial charge in [0.2, 0.25) is 0 Å². The molecule has 1 aromatic carbocycles. The predicted octanol–water partition coefficient (Wildman–Crippen LogP) is 3.99. The molecule has 0 radical (unpaired) electrons. The molecule has 0 bridgehead atoms. The first-order chi connectivity index (χ1) is 7.29. The van der Waals surface area contributed by atoms with Gasteiger partial charge in [-0.15, -0.1) is 0 Å². The van der Waals surface area contributed by atoms with E-state index in [0.717, 1.165) is 8.95 Å². The maximum Gasteiger partial charge on any atom is 0.252 e. The molecule has 4 heteroatoms. The van der Waals surface area contributed by atoms with Gasteiger partial charge in [0.15, 0.2) is 0 Å². The summed E-state index contributed by atoms with van der Waals surface area (Å²) in [6, 6.07) is 5.56. The second kappa shape index (κ2) is 5.32. The predicted molar refractivity (Wildman–Crippen MR) is 73.6 cm³/mol. The van der Waals surface area contributed by atoms with Gasteiger partial charge < -0.3 is 5.32 Å². The summed E-state index contributed by atoms with van der Waals surface area (Å²) in [5.74, 6) is -0.0527. The highest BCUT2D eigenvalue weighted by Gasteiger charge is 2.14. The first kappa shape index (κ1) is 13.7. The Morgan fingerprint density at radius 2 is 1.94 bits per heavy atom. The number of hydrogen-bond donors (Lipinski definition) is 1. The molecule has 0 saturated heterocycles. The fraction of sp³-hybridized carbons (Fsp3) is 0.417. The van der Waals surface area contributed by atoms with Gasteiger partial charge in [-0.2, -0.15) is 0 Å². The summed E-state index contributed by atoms with van der Waals surface area (Å²) >= 11 is 6.72. The second-order valence-electron chi connectivity index (χ2n) is 4.87. The molecule has 0 atom stereocenters.